The molecular formula is C19H19F3N4. The lowest BCUT2D eigenvalue weighted by atomic mass is 10.1. The van der Waals surface area contributed by atoms with E-state index in [0.717, 1.165) is 56.2 Å². The molecule has 1 fully saturated rings. The highest BCUT2D eigenvalue weighted by Gasteiger charge is 2.30. The van der Waals surface area contributed by atoms with Gasteiger partial charge in [0.25, 0.3) is 0 Å². The summed E-state index contributed by atoms with van der Waals surface area (Å²) in [6.45, 7) is 4.27. The Morgan fingerprint density at radius 2 is 1.62 bits per heavy atom. The summed E-state index contributed by atoms with van der Waals surface area (Å²) in [5.74, 6) is 0.862. The number of nitrogens with zero attached hydrogens (tertiary/aromatic N) is 4. The number of pyridine rings is 1. The standard InChI is InChI=1S/C19H19F3N4/c20-19(21,22)17-5-2-15(3-6-17)16-4-7-18(24-14-16)26-12-10-25(11-13-26)9-1-8-23/h2-7,14H,1,9-13H2. The van der Waals surface area contributed by atoms with Gasteiger partial charge in [0.15, 0.2) is 0 Å². The van der Waals surface area contributed by atoms with E-state index in [2.05, 4.69) is 20.9 Å². The third kappa shape index (κ3) is 4.33. The third-order valence-corrected chi connectivity index (χ3v) is 4.53. The van der Waals surface area contributed by atoms with Gasteiger partial charge in [0.1, 0.15) is 5.82 Å². The highest BCUT2D eigenvalue weighted by molar-refractivity contribution is 5.64. The van der Waals surface area contributed by atoms with Gasteiger partial charge in [-0.1, -0.05) is 12.1 Å². The Balaban J connectivity index is 1.63. The summed E-state index contributed by atoms with van der Waals surface area (Å²) >= 11 is 0. The van der Waals surface area contributed by atoms with Gasteiger partial charge in [0.2, 0.25) is 0 Å². The first-order valence-corrected chi connectivity index (χ1v) is 8.45. The van der Waals surface area contributed by atoms with Gasteiger partial charge in [-0.15, -0.1) is 0 Å². The minimum absolute atomic E-state index is 0.542. The van der Waals surface area contributed by atoms with Gasteiger partial charge in [-0.05, 0) is 29.8 Å². The molecule has 136 valence electrons. The first-order chi connectivity index (χ1) is 12.5. The number of alkyl halides is 3. The molecule has 0 unspecified atom stereocenters. The Labute approximate surface area is 150 Å². The smallest absolute Gasteiger partial charge is 0.354 e. The van der Waals surface area contributed by atoms with Crippen molar-refractivity contribution in [1.29, 1.82) is 5.26 Å². The molecule has 0 atom stereocenters. The molecule has 1 aromatic carbocycles. The third-order valence-electron chi connectivity index (χ3n) is 4.53. The number of rotatable bonds is 4. The molecule has 2 heterocycles. The number of hydrogen-bond acceptors (Lipinski definition) is 4. The minimum Gasteiger partial charge on any atom is -0.354 e. The van der Waals surface area contributed by atoms with Crippen molar-refractivity contribution >= 4 is 5.82 Å². The Bertz CT molecular complexity index is 755. The Morgan fingerprint density at radius 1 is 0.962 bits per heavy atom. The molecule has 0 aliphatic carbocycles. The van der Waals surface area contributed by atoms with Gasteiger partial charge in [-0.2, -0.15) is 18.4 Å². The second kappa shape index (κ2) is 7.75. The summed E-state index contributed by atoms with van der Waals surface area (Å²) in [7, 11) is 0. The van der Waals surface area contributed by atoms with E-state index >= 15 is 0 Å². The van der Waals surface area contributed by atoms with E-state index in [9.17, 15) is 13.2 Å². The highest BCUT2D eigenvalue weighted by Crippen LogP contribution is 2.31. The van der Waals surface area contributed by atoms with Crippen molar-refractivity contribution in [3.05, 3.63) is 48.2 Å². The fourth-order valence-corrected chi connectivity index (χ4v) is 3.00. The number of nitriles is 1. The zero-order valence-electron chi connectivity index (χ0n) is 14.2. The topological polar surface area (TPSA) is 43.2 Å². The molecule has 0 radical (unpaired) electrons. The van der Waals surface area contributed by atoms with Crippen LogP contribution in [0, 0.1) is 11.3 Å². The summed E-state index contributed by atoms with van der Waals surface area (Å²) < 4.78 is 37.9. The van der Waals surface area contributed by atoms with E-state index in [-0.39, 0.29) is 0 Å². The van der Waals surface area contributed by atoms with E-state index in [1.54, 1.807) is 6.20 Å². The van der Waals surface area contributed by atoms with Crippen LogP contribution in [-0.4, -0.2) is 42.6 Å². The summed E-state index contributed by atoms with van der Waals surface area (Å²) in [6.07, 6.45) is -2.09. The molecular weight excluding hydrogens is 341 g/mol. The molecule has 0 N–H and O–H groups in total. The van der Waals surface area contributed by atoms with Gasteiger partial charge >= 0.3 is 6.18 Å². The maximum Gasteiger partial charge on any atom is 0.416 e. The molecule has 26 heavy (non-hydrogen) atoms. The lowest BCUT2D eigenvalue weighted by Gasteiger charge is -2.35. The number of aromatic nitrogens is 1. The molecule has 0 spiro atoms. The maximum absolute atomic E-state index is 12.6. The van der Waals surface area contributed by atoms with E-state index in [1.165, 1.54) is 12.1 Å². The second-order valence-electron chi connectivity index (χ2n) is 6.22. The van der Waals surface area contributed by atoms with Gasteiger partial charge in [0, 0.05) is 50.9 Å². The van der Waals surface area contributed by atoms with Gasteiger partial charge in [0.05, 0.1) is 11.6 Å². The SMILES string of the molecule is N#CCCN1CCN(c2ccc(-c3ccc(C(F)(F)F)cc3)cn2)CC1. The first kappa shape index (κ1) is 18.2. The molecule has 0 bridgehead atoms. The van der Waals surface area contributed by atoms with Crippen molar-refractivity contribution in [2.75, 3.05) is 37.6 Å². The average Bonchev–Trinajstić information content (AvgIpc) is 2.66. The quantitative estimate of drug-likeness (QED) is 0.832. The summed E-state index contributed by atoms with van der Waals surface area (Å²) in [5, 5.41) is 8.65. The van der Waals surface area contributed by atoms with E-state index in [1.807, 2.05) is 12.1 Å². The van der Waals surface area contributed by atoms with Crippen molar-refractivity contribution in [3.8, 4) is 17.2 Å². The second-order valence-corrected chi connectivity index (χ2v) is 6.22. The van der Waals surface area contributed by atoms with Crippen LogP contribution in [0.1, 0.15) is 12.0 Å². The largest absolute Gasteiger partial charge is 0.416 e. The zero-order chi connectivity index (χ0) is 18.6. The van der Waals surface area contributed by atoms with Crippen molar-refractivity contribution < 1.29 is 13.2 Å². The number of piperazine rings is 1. The fourth-order valence-electron chi connectivity index (χ4n) is 3.00. The summed E-state index contributed by atoms with van der Waals surface area (Å²) in [5.41, 5.74) is 0.841. The zero-order valence-corrected chi connectivity index (χ0v) is 14.2. The summed E-state index contributed by atoms with van der Waals surface area (Å²) in [4.78, 5) is 8.91. The van der Waals surface area contributed by atoms with Crippen molar-refractivity contribution in [2.24, 2.45) is 0 Å². The predicted octanol–water partition coefficient (Wildman–Crippen LogP) is 3.80. The van der Waals surface area contributed by atoms with Crippen LogP contribution in [0.4, 0.5) is 19.0 Å². The van der Waals surface area contributed by atoms with Crippen molar-refractivity contribution in [3.63, 3.8) is 0 Å². The summed E-state index contributed by atoms with van der Waals surface area (Å²) in [6, 6.07) is 11.0. The van der Waals surface area contributed by atoms with Crippen LogP contribution in [0.2, 0.25) is 0 Å². The molecule has 1 aliphatic heterocycles. The molecule has 1 aromatic heterocycles. The normalized spacial score (nSPS) is 15.7. The van der Waals surface area contributed by atoms with Gasteiger partial charge in [-0.3, -0.25) is 4.90 Å². The van der Waals surface area contributed by atoms with Crippen LogP contribution in [0.15, 0.2) is 42.6 Å². The number of anilines is 1. The number of halogens is 3. The van der Waals surface area contributed by atoms with Crippen molar-refractivity contribution in [2.45, 2.75) is 12.6 Å². The van der Waals surface area contributed by atoms with Crippen LogP contribution in [0.5, 0.6) is 0 Å². The molecule has 1 aliphatic rings. The van der Waals surface area contributed by atoms with Crippen LogP contribution < -0.4 is 4.90 Å². The molecule has 0 saturated carbocycles. The van der Waals surface area contributed by atoms with Crippen LogP contribution >= 0.6 is 0 Å². The molecule has 3 rings (SSSR count). The van der Waals surface area contributed by atoms with Gasteiger partial charge < -0.3 is 4.90 Å². The molecule has 1 saturated heterocycles. The van der Waals surface area contributed by atoms with Crippen molar-refractivity contribution in [1.82, 2.24) is 9.88 Å². The monoisotopic (exact) mass is 360 g/mol. The fraction of sp³-hybridized carbons (Fsp3) is 0.368. The lowest BCUT2D eigenvalue weighted by molar-refractivity contribution is -0.137. The van der Waals surface area contributed by atoms with E-state index < -0.39 is 11.7 Å². The highest BCUT2D eigenvalue weighted by atomic mass is 19.4. The number of benzene rings is 1. The number of hydrogen-bond donors (Lipinski definition) is 0. The Hall–Kier alpha value is -2.59. The molecule has 4 nitrogen and oxygen atoms in total. The Morgan fingerprint density at radius 3 is 2.15 bits per heavy atom. The van der Waals surface area contributed by atoms with E-state index in [0.29, 0.717) is 12.0 Å². The van der Waals surface area contributed by atoms with Crippen LogP contribution in [-0.2, 0) is 6.18 Å². The molecule has 7 heteroatoms. The molecule has 2 aromatic rings. The lowest BCUT2D eigenvalue weighted by Crippen LogP contribution is -2.46. The predicted molar refractivity (Wildman–Crippen MR) is 93.6 cm³/mol. The first-order valence-electron chi connectivity index (χ1n) is 8.45. The van der Waals surface area contributed by atoms with E-state index in [4.69, 9.17) is 5.26 Å². The minimum atomic E-state index is -4.32. The maximum atomic E-state index is 12.6. The van der Waals surface area contributed by atoms with Crippen LogP contribution in [0.3, 0.4) is 0 Å². The van der Waals surface area contributed by atoms with Crippen LogP contribution in [0.25, 0.3) is 11.1 Å². The van der Waals surface area contributed by atoms with Gasteiger partial charge in [-0.25, -0.2) is 4.98 Å². The Kier molecular flexibility index (Phi) is 5.43. The molecule has 0 amide bonds. The average molecular weight is 360 g/mol.